The molecule has 1 aliphatic heterocycles. The predicted molar refractivity (Wildman–Crippen MR) is 99.2 cm³/mol. The highest BCUT2D eigenvalue weighted by atomic mass is 16.2. The van der Waals surface area contributed by atoms with Gasteiger partial charge in [0.1, 0.15) is 6.04 Å². The number of carbonyl (C=O) groups is 2. The summed E-state index contributed by atoms with van der Waals surface area (Å²) in [7, 11) is 1.74. The van der Waals surface area contributed by atoms with Gasteiger partial charge in [0, 0.05) is 32.7 Å². The van der Waals surface area contributed by atoms with Crippen molar-refractivity contribution in [3.8, 4) is 0 Å². The van der Waals surface area contributed by atoms with Gasteiger partial charge in [-0.25, -0.2) is 4.79 Å². The highest BCUT2D eigenvalue weighted by Crippen LogP contribution is 2.13. The van der Waals surface area contributed by atoms with E-state index in [-0.39, 0.29) is 18.0 Å². The van der Waals surface area contributed by atoms with Gasteiger partial charge in [0.15, 0.2) is 0 Å². The maximum absolute atomic E-state index is 12.2. The SMILES string of the molecule is CCN(C)C(=O)[C@H](C)NC(=O)N[C@@H]1CCCN(Cc2ccccc2)C1. The molecule has 6 heteroatoms. The molecule has 2 N–H and O–H groups in total. The van der Waals surface area contributed by atoms with Crippen molar-refractivity contribution in [3.63, 3.8) is 0 Å². The zero-order chi connectivity index (χ0) is 18.2. The number of nitrogens with zero attached hydrogens (tertiary/aromatic N) is 2. The molecule has 1 saturated heterocycles. The van der Waals surface area contributed by atoms with Crippen molar-refractivity contribution in [2.24, 2.45) is 0 Å². The van der Waals surface area contributed by atoms with E-state index in [0.29, 0.717) is 6.54 Å². The minimum absolute atomic E-state index is 0.0769. The molecule has 25 heavy (non-hydrogen) atoms. The van der Waals surface area contributed by atoms with Gasteiger partial charge in [-0.2, -0.15) is 0 Å². The molecule has 0 saturated carbocycles. The summed E-state index contributed by atoms with van der Waals surface area (Å²) in [5.74, 6) is -0.0769. The topological polar surface area (TPSA) is 64.7 Å². The van der Waals surface area contributed by atoms with Gasteiger partial charge in [-0.15, -0.1) is 0 Å². The standard InChI is InChI=1S/C19H30N4O2/c1-4-22(3)18(24)15(2)20-19(25)21-17-11-8-12-23(14-17)13-16-9-6-5-7-10-16/h5-7,9-10,15,17H,4,8,11-14H2,1-3H3,(H2,20,21,25)/t15-,17+/m0/s1. The van der Waals surface area contributed by atoms with Crippen molar-refractivity contribution in [2.45, 2.75) is 45.3 Å². The second kappa shape index (κ2) is 9.42. The highest BCUT2D eigenvalue weighted by molar-refractivity contribution is 5.86. The summed E-state index contributed by atoms with van der Waals surface area (Å²) in [6, 6.07) is 9.70. The van der Waals surface area contributed by atoms with Crippen LogP contribution in [0, 0.1) is 0 Å². The van der Waals surface area contributed by atoms with Crippen molar-refractivity contribution >= 4 is 11.9 Å². The number of likely N-dealkylation sites (N-methyl/N-ethyl adjacent to an activating group) is 1. The molecule has 0 spiro atoms. The maximum Gasteiger partial charge on any atom is 0.315 e. The number of hydrogen-bond donors (Lipinski definition) is 2. The summed E-state index contributed by atoms with van der Waals surface area (Å²) in [5.41, 5.74) is 1.29. The van der Waals surface area contributed by atoms with Crippen LogP contribution in [0.15, 0.2) is 30.3 Å². The van der Waals surface area contributed by atoms with Gasteiger partial charge in [-0.05, 0) is 38.8 Å². The van der Waals surface area contributed by atoms with Crippen molar-refractivity contribution in [3.05, 3.63) is 35.9 Å². The molecule has 0 aromatic heterocycles. The Labute approximate surface area is 150 Å². The summed E-state index contributed by atoms with van der Waals surface area (Å²) in [5, 5.41) is 5.76. The smallest absolute Gasteiger partial charge is 0.315 e. The van der Waals surface area contributed by atoms with Crippen LogP contribution in [0.4, 0.5) is 4.79 Å². The van der Waals surface area contributed by atoms with Crippen LogP contribution >= 0.6 is 0 Å². The van der Waals surface area contributed by atoms with Crippen LogP contribution in [0.3, 0.4) is 0 Å². The van der Waals surface area contributed by atoms with Gasteiger partial charge in [0.2, 0.25) is 5.91 Å². The van der Waals surface area contributed by atoms with Gasteiger partial charge in [0.25, 0.3) is 0 Å². The van der Waals surface area contributed by atoms with E-state index in [9.17, 15) is 9.59 Å². The summed E-state index contributed by atoms with van der Waals surface area (Å²) in [6.45, 7) is 7.04. The molecule has 3 amide bonds. The lowest BCUT2D eigenvalue weighted by atomic mass is 10.0. The van der Waals surface area contributed by atoms with E-state index in [1.807, 2.05) is 25.1 Å². The fourth-order valence-corrected chi connectivity index (χ4v) is 3.13. The molecule has 1 aromatic rings. The van der Waals surface area contributed by atoms with Crippen LogP contribution in [0.1, 0.15) is 32.3 Å². The van der Waals surface area contributed by atoms with Gasteiger partial charge in [-0.3, -0.25) is 9.69 Å². The fourth-order valence-electron chi connectivity index (χ4n) is 3.13. The van der Waals surface area contributed by atoms with Crippen LogP contribution in [0.25, 0.3) is 0 Å². The minimum atomic E-state index is -0.519. The Kier molecular flexibility index (Phi) is 7.25. The van der Waals surface area contributed by atoms with Gasteiger partial charge < -0.3 is 15.5 Å². The molecular weight excluding hydrogens is 316 g/mol. The summed E-state index contributed by atoms with van der Waals surface area (Å²) in [4.78, 5) is 28.2. The number of benzene rings is 1. The van der Waals surface area contributed by atoms with E-state index < -0.39 is 6.04 Å². The molecule has 1 aliphatic rings. The zero-order valence-electron chi connectivity index (χ0n) is 15.5. The number of rotatable bonds is 6. The van der Waals surface area contributed by atoms with Gasteiger partial charge in [0.05, 0.1) is 0 Å². The molecule has 138 valence electrons. The Hall–Kier alpha value is -2.08. The van der Waals surface area contributed by atoms with E-state index in [1.165, 1.54) is 5.56 Å². The quantitative estimate of drug-likeness (QED) is 0.826. The molecule has 1 aromatic carbocycles. The maximum atomic E-state index is 12.2. The first-order valence-corrected chi connectivity index (χ1v) is 9.08. The lowest BCUT2D eigenvalue weighted by Gasteiger charge is -2.33. The Morgan fingerprint density at radius 3 is 2.72 bits per heavy atom. The second-order valence-corrected chi connectivity index (χ2v) is 6.75. The molecule has 0 aliphatic carbocycles. The van der Waals surface area contributed by atoms with Crippen LogP contribution in [0.2, 0.25) is 0 Å². The number of carbonyl (C=O) groups excluding carboxylic acids is 2. The monoisotopic (exact) mass is 346 g/mol. The molecule has 2 rings (SSSR count). The van der Waals surface area contributed by atoms with E-state index >= 15 is 0 Å². The largest absolute Gasteiger partial charge is 0.344 e. The van der Waals surface area contributed by atoms with E-state index in [1.54, 1.807) is 18.9 Å². The third-order valence-electron chi connectivity index (χ3n) is 4.66. The Morgan fingerprint density at radius 1 is 1.32 bits per heavy atom. The molecule has 2 atom stereocenters. The lowest BCUT2D eigenvalue weighted by Crippen LogP contribution is -2.54. The summed E-state index contributed by atoms with van der Waals surface area (Å²) >= 11 is 0. The number of urea groups is 1. The highest BCUT2D eigenvalue weighted by Gasteiger charge is 2.23. The molecule has 0 unspecified atom stereocenters. The lowest BCUT2D eigenvalue weighted by molar-refractivity contribution is -0.131. The van der Waals surface area contributed by atoms with Crippen molar-refractivity contribution < 1.29 is 9.59 Å². The number of amides is 3. The number of likely N-dealkylation sites (tertiary alicyclic amines) is 1. The van der Waals surface area contributed by atoms with Crippen LogP contribution in [-0.4, -0.2) is 60.5 Å². The summed E-state index contributed by atoms with van der Waals surface area (Å²) in [6.07, 6.45) is 2.03. The third kappa shape index (κ3) is 6.05. The normalized spacial score (nSPS) is 19.1. The molecule has 6 nitrogen and oxygen atoms in total. The molecule has 1 heterocycles. The number of hydrogen-bond acceptors (Lipinski definition) is 3. The molecule has 0 bridgehead atoms. The van der Waals surface area contributed by atoms with E-state index in [0.717, 1.165) is 32.5 Å². The zero-order valence-corrected chi connectivity index (χ0v) is 15.5. The predicted octanol–water partition coefficient (Wildman–Crippen LogP) is 1.82. The second-order valence-electron chi connectivity index (χ2n) is 6.75. The average molecular weight is 346 g/mol. The molecule has 1 fully saturated rings. The Morgan fingerprint density at radius 2 is 2.04 bits per heavy atom. The summed E-state index contributed by atoms with van der Waals surface area (Å²) < 4.78 is 0. The van der Waals surface area contributed by atoms with Crippen LogP contribution in [0.5, 0.6) is 0 Å². The Balaban J connectivity index is 1.79. The van der Waals surface area contributed by atoms with Crippen molar-refractivity contribution in [2.75, 3.05) is 26.7 Å². The first-order chi connectivity index (χ1) is 12.0. The minimum Gasteiger partial charge on any atom is -0.344 e. The molecular formula is C19H30N4O2. The first kappa shape index (κ1) is 19.2. The van der Waals surface area contributed by atoms with Gasteiger partial charge >= 0.3 is 6.03 Å². The van der Waals surface area contributed by atoms with E-state index in [2.05, 4.69) is 27.7 Å². The van der Waals surface area contributed by atoms with Gasteiger partial charge in [-0.1, -0.05) is 30.3 Å². The number of nitrogens with one attached hydrogen (secondary N) is 2. The first-order valence-electron chi connectivity index (χ1n) is 9.08. The van der Waals surface area contributed by atoms with Crippen LogP contribution < -0.4 is 10.6 Å². The van der Waals surface area contributed by atoms with E-state index in [4.69, 9.17) is 0 Å². The molecule has 0 radical (unpaired) electrons. The van der Waals surface area contributed by atoms with Crippen LogP contribution in [-0.2, 0) is 11.3 Å². The fraction of sp³-hybridized carbons (Fsp3) is 0.579. The number of piperidine rings is 1. The third-order valence-corrected chi connectivity index (χ3v) is 4.66. The average Bonchev–Trinajstić information content (AvgIpc) is 2.61. The Bertz CT molecular complexity index is 564. The van der Waals surface area contributed by atoms with Crippen molar-refractivity contribution in [1.29, 1.82) is 0 Å². The van der Waals surface area contributed by atoms with Crippen molar-refractivity contribution in [1.82, 2.24) is 20.4 Å².